The normalized spacial score (nSPS) is 11.7. The summed E-state index contributed by atoms with van der Waals surface area (Å²) in [6, 6.07) is 0. The fourth-order valence-electron chi connectivity index (χ4n) is 5.21. The number of ketones is 2. The molecule has 0 aliphatic heterocycles. The van der Waals surface area contributed by atoms with E-state index < -0.39 is 0 Å². The molecule has 0 aliphatic rings. The Hall–Kier alpha value is -1.18. The van der Waals surface area contributed by atoms with Crippen LogP contribution in [0.2, 0.25) is 0 Å². The first kappa shape index (κ1) is 37.8. The molecule has 228 valence electrons. The summed E-state index contributed by atoms with van der Waals surface area (Å²) in [5, 5.41) is 0. The van der Waals surface area contributed by atoms with E-state index in [1.165, 1.54) is 128 Å². The van der Waals surface area contributed by atoms with E-state index in [0.717, 1.165) is 57.8 Å². The van der Waals surface area contributed by atoms with Crippen molar-refractivity contribution in [3.05, 3.63) is 24.3 Å². The number of allylic oxidation sites excluding steroid dienone is 4. The molecule has 0 spiro atoms. The van der Waals surface area contributed by atoms with E-state index in [4.69, 9.17) is 0 Å². The number of carbonyl (C=O) groups excluding carboxylic acids is 2. The fraction of sp³-hybridized carbons (Fsp3) is 0.838. The Balaban J connectivity index is 3.26. The second-order valence-corrected chi connectivity index (χ2v) is 12.0. The third kappa shape index (κ3) is 34.8. The summed E-state index contributed by atoms with van der Waals surface area (Å²) in [6.07, 6.45) is 45.1. The van der Waals surface area contributed by atoms with Gasteiger partial charge < -0.3 is 4.79 Å². The molecule has 0 unspecified atom stereocenters. The zero-order valence-corrected chi connectivity index (χ0v) is 26.6. The zero-order valence-electron chi connectivity index (χ0n) is 26.6. The maximum Gasteiger partial charge on any atom is 0.132 e. The summed E-state index contributed by atoms with van der Waals surface area (Å²) in [5.74, 6) is 0.803. The van der Waals surface area contributed by atoms with Crippen molar-refractivity contribution in [3.8, 4) is 0 Å². The molecular formula is C37H68O2. The van der Waals surface area contributed by atoms with Crippen LogP contribution in [0, 0.1) is 0 Å². The molecule has 2 heteroatoms. The lowest BCUT2D eigenvalue weighted by Crippen LogP contribution is -1.97. The van der Waals surface area contributed by atoms with Crippen LogP contribution in [0.5, 0.6) is 0 Å². The summed E-state index contributed by atoms with van der Waals surface area (Å²) >= 11 is 0. The first-order valence-corrected chi connectivity index (χ1v) is 17.5. The molecule has 0 heterocycles. The van der Waals surface area contributed by atoms with Crippen molar-refractivity contribution in [1.82, 2.24) is 0 Å². The van der Waals surface area contributed by atoms with Crippen LogP contribution in [0.25, 0.3) is 0 Å². The van der Waals surface area contributed by atoms with E-state index in [1.54, 1.807) is 6.92 Å². The van der Waals surface area contributed by atoms with Crippen molar-refractivity contribution in [2.75, 3.05) is 0 Å². The topological polar surface area (TPSA) is 34.1 Å². The molecular weight excluding hydrogens is 476 g/mol. The third-order valence-electron chi connectivity index (χ3n) is 7.86. The molecule has 0 fully saturated rings. The second kappa shape index (κ2) is 33.0. The van der Waals surface area contributed by atoms with Gasteiger partial charge >= 0.3 is 0 Å². The monoisotopic (exact) mass is 545 g/mol. The molecule has 0 atom stereocenters. The molecule has 2 nitrogen and oxygen atoms in total. The van der Waals surface area contributed by atoms with Gasteiger partial charge in [0.1, 0.15) is 11.6 Å². The van der Waals surface area contributed by atoms with Gasteiger partial charge in [-0.05, 0) is 77.6 Å². The van der Waals surface area contributed by atoms with Gasteiger partial charge in [0.25, 0.3) is 0 Å². The van der Waals surface area contributed by atoms with E-state index >= 15 is 0 Å². The highest BCUT2D eigenvalue weighted by molar-refractivity contribution is 5.78. The minimum Gasteiger partial charge on any atom is -0.300 e. The largest absolute Gasteiger partial charge is 0.300 e. The Kier molecular flexibility index (Phi) is 32.0. The minimum absolute atomic E-state index is 0.317. The molecule has 0 aromatic rings. The Labute approximate surface area is 245 Å². The van der Waals surface area contributed by atoms with E-state index in [9.17, 15) is 9.59 Å². The van der Waals surface area contributed by atoms with Crippen molar-refractivity contribution >= 4 is 11.6 Å². The van der Waals surface area contributed by atoms with Gasteiger partial charge in [0.15, 0.2) is 0 Å². The average molecular weight is 545 g/mol. The van der Waals surface area contributed by atoms with Crippen molar-refractivity contribution in [3.63, 3.8) is 0 Å². The number of carbonyl (C=O) groups is 2. The average Bonchev–Trinajstić information content (AvgIpc) is 2.92. The van der Waals surface area contributed by atoms with Gasteiger partial charge in [0.05, 0.1) is 0 Å². The highest BCUT2D eigenvalue weighted by atomic mass is 16.1. The molecule has 0 aromatic heterocycles. The first-order valence-electron chi connectivity index (χ1n) is 17.5. The lowest BCUT2D eigenvalue weighted by atomic mass is 10.0. The van der Waals surface area contributed by atoms with Crippen molar-refractivity contribution in [2.24, 2.45) is 0 Å². The number of hydrogen-bond donors (Lipinski definition) is 0. The lowest BCUT2D eigenvalue weighted by Gasteiger charge is -2.03. The van der Waals surface area contributed by atoms with Crippen LogP contribution < -0.4 is 0 Å². The molecule has 0 N–H and O–H groups in total. The van der Waals surface area contributed by atoms with E-state index in [2.05, 4.69) is 31.2 Å². The van der Waals surface area contributed by atoms with Gasteiger partial charge in [-0.15, -0.1) is 0 Å². The van der Waals surface area contributed by atoms with Gasteiger partial charge in [-0.1, -0.05) is 128 Å². The highest BCUT2D eigenvalue weighted by Crippen LogP contribution is 2.14. The van der Waals surface area contributed by atoms with Crippen LogP contribution in [-0.4, -0.2) is 11.6 Å². The predicted octanol–water partition coefficient (Wildman–Crippen LogP) is 12.6. The van der Waals surface area contributed by atoms with Crippen LogP contribution in [-0.2, 0) is 9.59 Å². The molecule has 0 aliphatic carbocycles. The number of hydrogen-bond acceptors (Lipinski definition) is 2. The van der Waals surface area contributed by atoms with Crippen molar-refractivity contribution in [1.29, 1.82) is 0 Å². The standard InChI is InChI=1S/C37H68O2/c1-3-4-5-6-7-8-9-10-16-19-22-25-28-31-34-37(39)35-32-29-26-23-20-17-14-12-11-13-15-18-21-24-27-30-33-36(2)38/h15,18,20,23H,3-14,16-17,19,21-22,24-35H2,1-2H3. The van der Waals surface area contributed by atoms with E-state index in [1.807, 2.05) is 0 Å². The Morgan fingerprint density at radius 1 is 0.385 bits per heavy atom. The molecule has 0 bridgehead atoms. The predicted molar refractivity (Wildman–Crippen MR) is 174 cm³/mol. The minimum atomic E-state index is 0.317. The molecule has 0 aromatic carbocycles. The highest BCUT2D eigenvalue weighted by Gasteiger charge is 2.01. The molecule has 0 radical (unpaired) electrons. The summed E-state index contributed by atoms with van der Waals surface area (Å²) in [4.78, 5) is 23.0. The number of Topliss-reactive ketones (excluding diaryl/α,β-unsaturated/α-hetero) is 2. The summed E-state index contributed by atoms with van der Waals surface area (Å²) in [5.41, 5.74) is 0. The molecule has 0 saturated carbocycles. The quantitative estimate of drug-likeness (QED) is 0.0623. The molecule has 39 heavy (non-hydrogen) atoms. The van der Waals surface area contributed by atoms with Gasteiger partial charge in [-0.2, -0.15) is 0 Å². The first-order chi connectivity index (χ1) is 19.2. The van der Waals surface area contributed by atoms with Crippen molar-refractivity contribution in [2.45, 2.75) is 200 Å². The summed E-state index contributed by atoms with van der Waals surface area (Å²) < 4.78 is 0. The van der Waals surface area contributed by atoms with Crippen molar-refractivity contribution < 1.29 is 9.59 Å². The van der Waals surface area contributed by atoms with Crippen LogP contribution >= 0.6 is 0 Å². The van der Waals surface area contributed by atoms with Gasteiger partial charge in [0, 0.05) is 19.3 Å². The maximum absolute atomic E-state index is 12.1. The molecule has 0 amide bonds. The SMILES string of the molecule is CCCCCCCCCCCCCCCCC(=O)CCCCC=CCCCCCC=CCCCCCC(C)=O. The summed E-state index contributed by atoms with van der Waals surface area (Å²) in [7, 11) is 0. The maximum atomic E-state index is 12.1. The number of rotatable bonds is 32. The van der Waals surface area contributed by atoms with Crippen LogP contribution in [0.3, 0.4) is 0 Å². The van der Waals surface area contributed by atoms with Crippen LogP contribution in [0.4, 0.5) is 0 Å². The smallest absolute Gasteiger partial charge is 0.132 e. The fourth-order valence-corrected chi connectivity index (χ4v) is 5.21. The number of unbranched alkanes of at least 4 members (excludes halogenated alkanes) is 22. The van der Waals surface area contributed by atoms with Crippen LogP contribution in [0.1, 0.15) is 200 Å². The Morgan fingerprint density at radius 3 is 1.08 bits per heavy atom. The van der Waals surface area contributed by atoms with Crippen LogP contribution in [0.15, 0.2) is 24.3 Å². The molecule has 0 saturated heterocycles. The lowest BCUT2D eigenvalue weighted by molar-refractivity contribution is -0.119. The molecule has 0 rings (SSSR count). The summed E-state index contributed by atoms with van der Waals surface area (Å²) in [6.45, 7) is 3.97. The van der Waals surface area contributed by atoms with E-state index in [0.29, 0.717) is 11.6 Å². The van der Waals surface area contributed by atoms with Gasteiger partial charge in [-0.3, -0.25) is 4.79 Å². The van der Waals surface area contributed by atoms with E-state index in [-0.39, 0.29) is 0 Å². The second-order valence-electron chi connectivity index (χ2n) is 12.0. The third-order valence-corrected chi connectivity index (χ3v) is 7.86. The Morgan fingerprint density at radius 2 is 0.667 bits per heavy atom. The Bertz CT molecular complexity index is 574. The van der Waals surface area contributed by atoms with Gasteiger partial charge in [-0.25, -0.2) is 0 Å². The van der Waals surface area contributed by atoms with Gasteiger partial charge in [0.2, 0.25) is 0 Å². The zero-order chi connectivity index (χ0) is 28.5.